The van der Waals surface area contributed by atoms with E-state index in [0.29, 0.717) is 0 Å². The summed E-state index contributed by atoms with van der Waals surface area (Å²) in [7, 11) is 0. The van der Waals surface area contributed by atoms with Crippen LogP contribution < -0.4 is 5.32 Å². The summed E-state index contributed by atoms with van der Waals surface area (Å²) in [4.78, 5) is 8.86. The second kappa shape index (κ2) is 6.36. The van der Waals surface area contributed by atoms with Gasteiger partial charge in [-0.3, -0.25) is 0 Å². The quantitative estimate of drug-likeness (QED) is 0.602. The molecule has 2 aromatic carbocycles. The van der Waals surface area contributed by atoms with E-state index in [1.165, 1.54) is 11.1 Å². The SMILES string of the molecule is CCc1ccccc1-n1ncc2c(Nc3ccc(C)cc3)ncnc21. The summed E-state index contributed by atoms with van der Waals surface area (Å²) in [6.07, 6.45) is 4.33. The fourth-order valence-corrected chi connectivity index (χ4v) is 2.91. The Morgan fingerprint density at radius 3 is 2.60 bits per heavy atom. The summed E-state index contributed by atoms with van der Waals surface area (Å²) < 4.78 is 1.89. The number of fused-ring (bicyclic) bond motifs is 1. The van der Waals surface area contributed by atoms with Crippen LogP contribution in [0.15, 0.2) is 61.1 Å². The van der Waals surface area contributed by atoms with Crippen LogP contribution in [0.4, 0.5) is 11.5 Å². The zero-order chi connectivity index (χ0) is 17.2. The van der Waals surface area contributed by atoms with Crippen LogP contribution in [0.25, 0.3) is 16.7 Å². The van der Waals surface area contributed by atoms with E-state index in [1.807, 2.05) is 35.1 Å². The minimum atomic E-state index is 0.758. The van der Waals surface area contributed by atoms with Crippen LogP contribution in [0.1, 0.15) is 18.1 Å². The van der Waals surface area contributed by atoms with E-state index >= 15 is 0 Å². The average molecular weight is 329 g/mol. The van der Waals surface area contributed by atoms with Crippen LogP contribution in [0, 0.1) is 6.92 Å². The average Bonchev–Trinajstić information content (AvgIpc) is 3.08. The van der Waals surface area contributed by atoms with E-state index in [0.717, 1.165) is 34.6 Å². The van der Waals surface area contributed by atoms with Crippen LogP contribution in [-0.4, -0.2) is 19.7 Å². The molecule has 2 aromatic heterocycles. The minimum Gasteiger partial charge on any atom is -0.340 e. The molecule has 5 nitrogen and oxygen atoms in total. The number of aryl methyl sites for hydroxylation is 2. The molecule has 0 spiro atoms. The van der Waals surface area contributed by atoms with Gasteiger partial charge in [-0.2, -0.15) is 5.10 Å². The van der Waals surface area contributed by atoms with E-state index in [2.05, 4.69) is 58.5 Å². The second-order valence-corrected chi connectivity index (χ2v) is 5.99. The van der Waals surface area contributed by atoms with Crippen molar-refractivity contribution in [2.24, 2.45) is 0 Å². The Hall–Kier alpha value is -3.21. The van der Waals surface area contributed by atoms with Gasteiger partial charge in [-0.05, 0) is 37.1 Å². The molecule has 0 radical (unpaired) electrons. The van der Waals surface area contributed by atoms with Gasteiger partial charge in [-0.15, -0.1) is 0 Å². The van der Waals surface area contributed by atoms with Crippen molar-refractivity contribution >= 4 is 22.5 Å². The Balaban J connectivity index is 1.79. The molecule has 0 fully saturated rings. The molecule has 0 aliphatic rings. The van der Waals surface area contributed by atoms with Crippen molar-refractivity contribution in [2.45, 2.75) is 20.3 Å². The number of nitrogens with one attached hydrogen (secondary N) is 1. The van der Waals surface area contributed by atoms with Gasteiger partial charge in [-0.1, -0.05) is 42.8 Å². The van der Waals surface area contributed by atoms with Gasteiger partial charge in [0.05, 0.1) is 17.3 Å². The standard InChI is InChI=1S/C20H19N5/c1-3-15-6-4-5-7-18(15)25-20-17(12-23-25)19(21-13-22-20)24-16-10-8-14(2)9-11-16/h4-13H,3H2,1-2H3,(H,21,22,24). The fraction of sp³-hybridized carbons (Fsp3) is 0.150. The highest BCUT2D eigenvalue weighted by molar-refractivity contribution is 5.89. The van der Waals surface area contributed by atoms with Crippen LogP contribution in [-0.2, 0) is 6.42 Å². The Morgan fingerprint density at radius 2 is 1.80 bits per heavy atom. The Labute approximate surface area is 146 Å². The molecule has 25 heavy (non-hydrogen) atoms. The number of anilines is 2. The van der Waals surface area contributed by atoms with Gasteiger partial charge in [0.1, 0.15) is 12.1 Å². The zero-order valence-corrected chi connectivity index (χ0v) is 14.3. The number of para-hydroxylation sites is 1. The molecule has 0 saturated carbocycles. The smallest absolute Gasteiger partial charge is 0.168 e. The van der Waals surface area contributed by atoms with Crippen molar-refractivity contribution in [3.63, 3.8) is 0 Å². The number of benzene rings is 2. The minimum absolute atomic E-state index is 0.758. The Morgan fingerprint density at radius 1 is 1.00 bits per heavy atom. The van der Waals surface area contributed by atoms with Gasteiger partial charge in [0.2, 0.25) is 0 Å². The third kappa shape index (κ3) is 2.85. The number of hydrogen-bond donors (Lipinski definition) is 1. The van der Waals surface area contributed by atoms with Gasteiger partial charge in [-0.25, -0.2) is 14.6 Å². The summed E-state index contributed by atoms with van der Waals surface area (Å²) in [6.45, 7) is 4.21. The second-order valence-electron chi connectivity index (χ2n) is 5.99. The Bertz CT molecular complexity index is 1020. The van der Waals surface area contributed by atoms with Crippen molar-refractivity contribution in [1.82, 2.24) is 19.7 Å². The lowest BCUT2D eigenvalue weighted by Crippen LogP contribution is -2.02. The third-order valence-electron chi connectivity index (χ3n) is 4.28. The first-order chi connectivity index (χ1) is 12.3. The lowest BCUT2D eigenvalue weighted by atomic mass is 10.1. The van der Waals surface area contributed by atoms with Gasteiger partial charge in [0.15, 0.2) is 5.65 Å². The molecule has 4 rings (SSSR count). The maximum Gasteiger partial charge on any atom is 0.168 e. The van der Waals surface area contributed by atoms with E-state index in [9.17, 15) is 0 Å². The van der Waals surface area contributed by atoms with Crippen molar-refractivity contribution in [1.29, 1.82) is 0 Å². The predicted molar refractivity (Wildman–Crippen MR) is 100 cm³/mol. The molecule has 5 heteroatoms. The lowest BCUT2D eigenvalue weighted by Gasteiger charge is -2.09. The number of nitrogens with zero attached hydrogens (tertiary/aromatic N) is 4. The van der Waals surface area contributed by atoms with Crippen molar-refractivity contribution in [3.8, 4) is 5.69 Å². The number of hydrogen-bond acceptors (Lipinski definition) is 4. The lowest BCUT2D eigenvalue weighted by molar-refractivity contribution is 0.877. The van der Waals surface area contributed by atoms with Gasteiger partial charge in [0, 0.05) is 5.69 Å². The first kappa shape index (κ1) is 15.3. The van der Waals surface area contributed by atoms with Crippen LogP contribution in [0.2, 0.25) is 0 Å². The monoisotopic (exact) mass is 329 g/mol. The topological polar surface area (TPSA) is 55.6 Å². The highest BCUT2D eigenvalue weighted by atomic mass is 15.3. The van der Waals surface area contributed by atoms with Crippen molar-refractivity contribution < 1.29 is 0 Å². The van der Waals surface area contributed by atoms with Gasteiger partial charge >= 0.3 is 0 Å². The van der Waals surface area contributed by atoms with Gasteiger partial charge < -0.3 is 5.32 Å². The van der Waals surface area contributed by atoms with Crippen LogP contribution in [0.3, 0.4) is 0 Å². The molecule has 0 bridgehead atoms. The molecule has 4 aromatic rings. The van der Waals surface area contributed by atoms with E-state index in [-0.39, 0.29) is 0 Å². The first-order valence-electron chi connectivity index (χ1n) is 8.37. The number of rotatable bonds is 4. The highest BCUT2D eigenvalue weighted by Gasteiger charge is 2.13. The molecule has 0 amide bonds. The van der Waals surface area contributed by atoms with Crippen LogP contribution >= 0.6 is 0 Å². The molecule has 1 N–H and O–H groups in total. The number of aromatic nitrogens is 4. The molecule has 0 unspecified atom stereocenters. The highest BCUT2D eigenvalue weighted by Crippen LogP contribution is 2.25. The molecule has 0 saturated heterocycles. The van der Waals surface area contributed by atoms with E-state index < -0.39 is 0 Å². The largest absolute Gasteiger partial charge is 0.340 e. The molecule has 0 aliphatic heterocycles. The van der Waals surface area contributed by atoms with E-state index in [4.69, 9.17) is 0 Å². The summed E-state index contributed by atoms with van der Waals surface area (Å²) in [5, 5.41) is 8.83. The molecule has 0 atom stereocenters. The molecular weight excluding hydrogens is 310 g/mol. The summed E-state index contributed by atoms with van der Waals surface area (Å²) in [5.74, 6) is 0.758. The normalized spacial score (nSPS) is 11.0. The maximum atomic E-state index is 4.56. The molecule has 2 heterocycles. The predicted octanol–water partition coefficient (Wildman–Crippen LogP) is 4.43. The maximum absolute atomic E-state index is 4.56. The van der Waals surface area contributed by atoms with E-state index in [1.54, 1.807) is 6.33 Å². The Kier molecular flexibility index (Phi) is 3.90. The fourth-order valence-electron chi connectivity index (χ4n) is 2.91. The first-order valence-corrected chi connectivity index (χ1v) is 8.37. The summed E-state index contributed by atoms with van der Waals surface area (Å²) in [5.41, 5.74) is 5.30. The molecular formula is C20H19N5. The summed E-state index contributed by atoms with van der Waals surface area (Å²) >= 11 is 0. The molecule has 124 valence electrons. The molecule has 0 aliphatic carbocycles. The summed E-state index contributed by atoms with van der Waals surface area (Å²) in [6, 6.07) is 16.5. The third-order valence-corrected chi connectivity index (χ3v) is 4.28. The zero-order valence-electron chi connectivity index (χ0n) is 14.3. The van der Waals surface area contributed by atoms with Crippen molar-refractivity contribution in [3.05, 3.63) is 72.2 Å². The van der Waals surface area contributed by atoms with Crippen LogP contribution in [0.5, 0.6) is 0 Å². The van der Waals surface area contributed by atoms with Crippen molar-refractivity contribution in [2.75, 3.05) is 5.32 Å². The van der Waals surface area contributed by atoms with Gasteiger partial charge in [0.25, 0.3) is 0 Å².